The van der Waals surface area contributed by atoms with Crippen LogP contribution in [0.3, 0.4) is 0 Å². The van der Waals surface area contributed by atoms with Crippen molar-refractivity contribution in [3.63, 3.8) is 0 Å². The Morgan fingerprint density at radius 1 is 1.28 bits per heavy atom. The van der Waals surface area contributed by atoms with E-state index in [1.165, 1.54) is 11.9 Å². The van der Waals surface area contributed by atoms with Gasteiger partial charge in [0.05, 0.1) is 36.1 Å². The SMILES string of the molecule is CN(CC[NH+](C)CCOS(=O)(=O)[O-])c1ncc([N+](=O)[O-])cc1[N+](=O)[O-]. The van der Waals surface area contributed by atoms with Crippen molar-refractivity contribution in [3.8, 4) is 0 Å². The summed E-state index contributed by atoms with van der Waals surface area (Å²) >= 11 is 0. The van der Waals surface area contributed by atoms with Crippen molar-refractivity contribution < 1.29 is 31.9 Å². The molecule has 0 aliphatic rings. The fraction of sp³-hybridized carbons (Fsp3) is 0.545. The maximum atomic E-state index is 11.1. The van der Waals surface area contributed by atoms with Gasteiger partial charge >= 0.3 is 5.69 Å². The first kappa shape index (κ1) is 20.6. The molecule has 0 aliphatic heterocycles. The van der Waals surface area contributed by atoms with Crippen LogP contribution in [0.5, 0.6) is 0 Å². The van der Waals surface area contributed by atoms with E-state index in [2.05, 4.69) is 9.17 Å². The third-order valence-electron chi connectivity index (χ3n) is 3.23. The van der Waals surface area contributed by atoms with E-state index < -0.39 is 31.6 Å². The average molecular weight is 379 g/mol. The lowest BCUT2D eigenvalue weighted by molar-refractivity contribution is -0.878. The fourth-order valence-corrected chi connectivity index (χ4v) is 2.16. The Bertz CT molecular complexity index is 740. The predicted octanol–water partition coefficient (Wildman–Crippen LogP) is -1.67. The molecule has 0 saturated carbocycles. The monoisotopic (exact) mass is 379 g/mol. The highest BCUT2D eigenvalue weighted by atomic mass is 32.3. The molecule has 0 spiro atoms. The maximum absolute atomic E-state index is 11.1. The Balaban J connectivity index is 2.69. The van der Waals surface area contributed by atoms with Crippen LogP contribution in [0.25, 0.3) is 0 Å². The van der Waals surface area contributed by atoms with Crippen molar-refractivity contribution in [1.82, 2.24) is 4.98 Å². The van der Waals surface area contributed by atoms with Crippen LogP contribution in [0.4, 0.5) is 17.2 Å². The third kappa shape index (κ3) is 6.92. The van der Waals surface area contributed by atoms with Gasteiger partial charge in [-0.1, -0.05) is 0 Å². The first-order chi connectivity index (χ1) is 11.5. The van der Waals surface area contributed by atoms with Crippen LogP contribution in [0.1, 0.15) is 0 Å². The molecule has 1 atom stereocenters. The Kier molecular flexibility index (Phi) is 7.10. The molecule has 1 unspecified atom stereocenters. The maximum Gasteiger partial charge on any atom is 0.318 e. The Morgan fingerprint density at radius 3 is 2.44 bits per heavy atom. The van der Waals surface area contributed by atoms with Crippen LogP contribution < -0.4 is 9.80 Å². The minimum absolute atomic E-state index is 0.0261. The molecule has 0 saturated heterocycles. The number of likely N-dealkylation sites (N-methyl/N-ethyl adjacent to an activating group) is 2. The van der Waals surface area contributed by atoms with Crippen molar-refractivity contribution in [2.75, 3.05) is 45.2 Å². The van der Waals surface area contributed by atoms with Gasteiger partial charge in [-0.05, 0) is 0 Å². The molecule has 140 valence electrons. The second-order valence-electron chi connectivity index (χ2n) is 5.16. The second-order valence-corrected chi connectivity index (χ2v) is 6.21. The highest BCUT2D eigenvalue weighted by molar-refractivity contribution is 7.80. The zero-order chi connectivity index (χ0) is 19.2. The molecule has 0 bridgehead atoms. The number of nitrogens with one attached hydrogen (secondary N) is 1. The molecule has 1 aromatic rings. The molecule has 1 heterocycles. The molecule has 25 heavy (non-hydrogen) atoms. The molecule has 0 radical (unpaired) electrons. The van der Waals surface area contributed by atoms with Crippen molar-refractivity contribution >= 4 is 27.6 Å². The van der Waals surface area contributed by atoms with Crippen LogP contribution in [-0.4, -0.2) is 68.1 Å². The van der Waals surface area contributed by atoms with Gasteiger partial charge in [-0.15, -0.1) is 0 Å². The summed E-state index contributed by atoms with van der Waals surface area (Å²) in [6.07, 6.45) is 0.933. The topological polar surface area (TPSA) is 173 Å². The average Bonchev–Trinajstić information content (AvgIpc) is 2.50. The first-order valence-electron chi connectivity index (χ1n) is 6.92. The molecule has 0 amide bonds. The molecule has 1 N–H and O–H groups in total. The Labute approximate surface area is 143 Å². The number of rotatable bonds is 10. The van der Waals surface area contributed by atoms with E-state index in [1.54, 1.807) is 7.05 Å². The summed E-state index contributed by atoms with van der Waals surface area (Å²) < 4.78 is 35.1. The van der Waals surface area contributed by atoms with Gasteiger partial charge in [0, 0.05) is 7.05 Å². The largest absolute Gasteiger partial charge is 0.726 e. The molecule has 13 nitrogen and oxygen atoms in total. The lowest BCUT2D eigenvalue weighted by Crippen LogP contribution is -3.10. The van der Waals surface area contributed by atoms with Crippen LogP contribution in [0, 0.1) is 20.2 Å². The van der Waals surface area contributed by atoms with Gasteiger partial charge < -0.3 is 14.4 Å². The summed E-state index contributed by atoms with van der Waals surface area (Å²) in [6.45, 7) is 0.665. The Hall–Kier alpha value is -2.42. The molecule has 1 rings (SSSR count). The van der Waals surface area contributed by atoms with Gasteiger partial charge in [0.1, 0.15) is 19.3 Å². The molecule has 0 fully saturated rings. The molecule has 1 aromatic heterocycles. The number of anilines is 1. The number of nitro groups is 2. The highest BCUT2D eigenvalue weighted by Crippen LogP contribution is 2.28. The normalized spacial score (nSPS) is 12.6. The van der Waals surface area contributed by atoms with E-state index >= 15 is 0 Å². The number of pyridine rings is 1. The third-order valence-corrected chi connectivity index (χ3v) is 3.69. The van der Waals surface area contributed by atoms with Crippen molar-refractivity contribution in [1.29, 1.82) is 0 Å². The molecule has 0 aromatic carbocycles. The van der Waals surface area contributed by atoms with Crippen molar-refractivity contribution in [2.24, 2.45) is 0 Å². The minimum atomic E-state index is -4.73. The van der Waals surface area contributed by atoms with E-state index in [4.69, 9.17) is 0 Å². The number of hydrogen-bond donors (Lipinski definition) is 1. The van der Waals surface area contributed by atoms with Gasteiger partial charge in [0.2, 0.25) is 16.2 Å². The van der Waals surface area contributed by atoms with Gasteiger partial charge in [-0.25, -0.2) is 13.4 Å². The number of quaternary nitrogens is 1. The zero-order valence-corrected chi connectivity index (χ0v) is 14.3. The zero-order valence-electron chi connectivity index (χ0n) is 13.4. The summed E-state index contributed by atoms with van der Waals surface area (Å²) in [4.78, 5) is 26.3. The fourth-order valence-electron chi connectivity index (χ4n) is 1.87. The Morgan fingerprint density at radius 2 is 1.92 bits per heavy atom. The lowest BCUT2D eigenvalue weighted by Gasteiger charge is -2.20. The van der Waals surface area contributed by atoms with Crippen LogP contribution in [0.15, 0.2) is 12.3 Å². The minimum Gasteiger partial charge on any atom is -0.726 e. The number of nitrogens with zero attached hydrogens (tertiary/aromatic N) is 4. The van der Waals surface area contributed by atoms with E-state index in [0.29, 0.717) is 13.1 Å². The van der Waals surface area contributed by atoms with Crippen LogP contribution >= 0.6 is 0 Å². The number of hydrogen-bond acceptors (Lipinski definition) is 10. The van der Waals surface area contributed by atoms with Crippen molar-refractivity contribution in [3.05, 3.63) is 32.5 Å². The smallest absolute Gasteiger partial charge is 0.318 e. The van der Waals surface area contributed by atoms with E-state index in [0.717, 1.165) is 17.2 Å². The van der Waals surface area contributed by atoms with E-state index in [9.17, 15) is 33.2 Å². The second kappa shape index (κ2) is 8.61. The van der Waals surface area contributed by atoms with Crippen molar-refractivity contribution in [2.45, 2.75) is 0 Å². The molecular formula is C11H17N5O8S. The summed E-state index contributed by atoms with van der Waals surface area (Å²) in [5.74, 6) is -0.0261. The molecule has 14 heteroatoms. The van der Waals surface area contributed by atoms with E-state index in [-0.39, 0.29) is 19.0 Å². The van der Waals surface area contributed by atoms with E-state index in [1.807, 2.05) is 0 Å². The van der Waals surface area contributed by atoms with Gasteiger partial charge in [0.15, 0.2) is 0 Å². The number of aromatic nitrogens is 1. The highest BCUT2D eigenvalue weighted by Gasteiger charge is 2.24. The quantitative estimate of drug-likeness (QED) is 0.214. The van der Waals surface area contributed by atoms with Gasteiger partial charge in [-0.3, -0.25) is 24.4 Å². The summed E-state index contributed by atoms with van der Waals surface area (Å²) in [6, 6.07) is 0.836. The first-order valence-corrected chi connectivity index (χ1v) is 8.26. The lowest BCUT2D eigenvalue weighted by atomic mass is 10.3. The van der Waals surface area contributed by atoms with Gasteiger partial charge in [0.25, 0.3) is 5.69 Å². The van der Waals surface area contributed by atoms with Crippen LogP contribution in [-0.2, 0) is 14.6 Å². The summed E-state index contributed by atoms with van der Waals surface area (Å²) in [5.41, 5.74) is -0.974. The predicted molar refractivity (Wildman–Crippen MR) is 83.1 cm³/mol. The summed E-state index contributed by atoms with van der Waals surface area (Å²) in [5, 5.41) is 21.8. The molecule has 0 aliphatic carbocycles. The standard InChI is InChI=1S/C11H17N5O8S/c1-13(5-6-24-25(21,22)23)3-4-14(2)11-10(16(19)20)7-9(8-12-11)15(17)18/h7-8H,3-6H2,1-2H3,(H,21,22,23). The van der Waals surface area contributed by atoms with Crippen LogP contribution in [0.2, 0.25) is 0 Å². The molecular weight excluding hydrogens is 362 g/mol. The van der Waals surface area contributed by atoms with Gasteiger partial charge in [-0.2, -0.15) is 0 Å². The summed E-state index contributed by atoms with van der Waals surface area (Å²) in [7, 11) is -1.48.